The fourth-order valence-electron chi connectivity index (χ4n) is 4.54. The smallest absolute Gasteiger partial charge is 0.319 e. The van der Waals surface area contributed by atoms with Gasteiger partial charge in [-0.15, -0.1) is 0 Å². The molecule has 3 rings (SSSR count). The van der Waals surface area contributed by atoms with Crippen LogP contribution in [0.15, 0.2) is 54.7 Å². The maximum atomic E-state index is 12.8. The number of nitrogens with zero attached hydrogens (tertiary/aromatic N) is 1. The van der Waals surface area contributed by atoms with Crippen molar-refractivity contribution in [3.05, 3.63) is 82.7 Å². The van der Waals surface area contributed by atoms with Crippen molar-refractivity contribution in [1.29, 1.82) is 0 Å². The van der Waals surface area contributed by atoms with Crippen LogP contribution in [-0.4, -0.2) is 29.8 Å². The molecule has 1 aromatic heterocycles. The van der Waals surface area contributed by atoms with Gasteiger partial charge in [0.25, 0.3) is 5.91 Å². The summed E-state index contributed by atoms with van der Waals surface area (Å²) in [6.07, 6.45) is 4.59. The van der Waals surface area contributed by atoms with Crippen molar-refractivity contribution < 1.29 is 19.1 Å². The van der Waals surface area contributed by atoms with Crippen LogP contribution in [0.3, 0.4) is 0 Å². The van der Waals surface area contributed by atoms with Crippen molar-refractivity contribution in [2.24, 2.45) is 11.3 Å². The summed E-state index contributed by atoms with van der Waals surface area (Å²) in [6.45, 7) is 12.7. The number of aromatic nitrogens is 1. The second-order valence-corrected chi connectivity index (χ2v) is 12.1. The number of nitrogens with one attached hydrogen (secondary N) is 3. The molecule has 3 N–H and O–H groups in total. The first-order chi connectivity index (χ1) is 19.8. The third-order valence-electron chi connectivity index (χ3n) is 7.11. The molecule has 3 aromatic rings. The molecule has 42 heavy (non-hydrogen) atoms. The van der Waals surface area contributed by atoms with Gasteiger partial charge in [0.05, 0.1) is 0 Å². The van der Waals surface area contributed by atoms with Gasteiger partial charge in [0.15, 0.2) is 0 Å². The van der Waals surface area contributed by atoms with E-state index in [1.165, 1.54) is 11.8 Å². The Morgan fingerprint density at radius 3 is 2.31 bits per heavy atom. The number of ether oxygens (including phenoxy) is 1. The quantitative estimate of drug-likeness (QED) is 0.214. The molecule has 0 aliphatic carbocycles. The molecule has 2 aromatic carbocycles. The molecular weight excluding hydrogens is 528 g/mol. The van der Waals surface area contributed by atoms with E-state index in [0.717, 1.165) is 41.6 Å². The number of ketones is 1. The Morgan fingerprint density at radius 2 is 1.64 bits per heavy atom. The minimum absolute atomic E-state index is 0.000990. The summed E-state index contributed by atoms with van der Waals surface area (Å²) in [6, 6.07) is 14.5. The van der Waals surface area contributed by atoms with Crippen molar-refractivity contribution in [1.82, 2.24) is 15.6 Å². The molecule has 0 fully saturated rings. The van der Waals surface area contributed by atoms with Gasteiger partial charge in [0.1, 0.15) is 23.0 Å². The van der Waals surface area contributed by atoms with Crippen molar-refractivity contribution in [2.45, 2.75) is 73.8 Å². The molecule has 3 amide bonds. The van der Waals surface area contributed by atoms with E-state index >= 15 is 0 Å². The summed E-state index contributed by atoms with van der Waals surface area (Å²) in [5, 5.41) is 8.49. The highest BCUT2D eigenvalue weighted by Gasteiger charge is 2.21. The molecule has 1 heterocycles. The topological polar surface area (TPSA) is 109 Å². The number of carbonyl (C=O) groups excluding carboxylic acids is 3. The largest absolute Gasteiger partial charge is 0.457 e. The first kappa shape index (κ1) is 32.3. The lowest BCUT2D eigenvalue weighted by Gasteiger charge is -2.20. The summed E-state index contributed by atoms with van der Waals surface area (Å²) in [7, 11) is 1.55. The van der Waals surface area contributed by atoms with Crippen LogP contribution in [0.2, 0.25) is 0 Å². The van der Waals surface area contributed by atoms with Crippen LogP contribution in [0.4, 0.5) is 10.5 Å². The van der Waals surface area contributed by atoms with Crippen molar-refractivity contribution in [2.75, 3.05) is 12.4 Å². The van der Waals surface area contributed by atoms with Crippen LogP contribution in [0.25, 0.3) is 0 Å². The number of urea groups is 1. The van der Waals surface area contributed by atoms with Crippen LogP contribution in [0, 0.1) is 25.2 Å². The number of hydrogen-bond donors (Lipinski definition) is 3. The van der Waals surface area contributed by atoms with Gasteiger partial charge in [-0.25, -0.2) is 4.79 Å². The highest BCUT2D eigenvalue weighted by Crippen LogP contribution is 2.26. The predicted octanol–water partition coefficient (Wildman–Crippen LogP) is 7.14. The number of Topliss-reactive ketones (excluding diaryl/α,β-unsaturated/α-hetero) is 1. The summed E-state index contributed by atoms with van der Waals surface area (Å²) in [4.78, 5) is 41.2. The van der Waals surface area contributed by atoms with E-state index in [4.69, 9.17) is 4.74 Å². The molecule has 0 saturated carbocycles. The van der Waals surface area contributed by atoms with E-state index in [9.17, 15) is 14.4 Å². The molecule has 0 saturated heterocycles. The number of pyridine rings is 1. The minimum atomic E-state index is -0.286. The molecule has 1 unspecified atom stereocenters. The third-order valence-corrected chi connectivity index (χ3v) is 7.11. The molecule has 8 nitrogen and oxygen atoms in total. The van der Waals surface area contributed by atoms with Gasteiger partial charge in [-0.1, -0.05) is 45.9 Å². The Labute approximate surface area is 249 Å². The van der Waals surface area contributed by atoms with Crippen molar-refractivity contribution >= 4 is 23.4 Å². The van der Waals surface area contributed by atoms with E-state index in [0.29, 0.717) is 30.2 Å². The highest BCUT2D eigenvalue weighted by molar-refractivity contribution is 5.92. The number of aryl methyl sites for hydroxylation is 3. The Kier molecular flexibility index (Phi) is 11.2. The fraction of sp³-hybridized carbons (Fsp3) is 0.412. The summed E-state index contributed by atoms with van der Waals surface area (Å²) in [5.74, 6) is 1.16. The van der Waals surface area contributed by atoms with Crippen molar-refractivity contribution in [3.8, 4) is 11.5 Å². The van der Waals surface area contributed by atoms with Gasteiger partial charge in [-0.2, -0.15) is 0 Å². The van der Waals surface area contributed by atoms with Crippen molar-refractivity contribution in [3.63, 3.8) is 0 Å². The van der Waals surface area contributed by atoms with Crippen LogP contribution < -0.4 is 20.7 Å². The zero-order valence-electron chi connectivity index (χ0n) is 25.9. The lowest BCUT2D eigenvalue weighted by molar-refractivity contribution is -0.124. The number of amides is 3. The van der Waals surface area contributed by atoms with Crippen LogP contribution >= 0.6 is 0 Å². The van der Waals surface area contributed by atoms with Gasteiger partial charge in [-0.3, -0.25) is 14.6 Å². The Bertz CT molecular complexity index is 1390. The molecule has 0 bridgehead atoms. The van der Waals surface area contributed by atoms with E-state index < -0.39 is 0 Å². The standard InChI is InChI=1S/C34H44N4O4/c1-22(31(39)20-34(4,5)6)9-8-10-26-17-23(2)24(3)18-29(26)38-33(41)37-21-25-11-13-27(14-12-25)42-28-15-16-36-30(19-28)32(40)35-7/h11-19,22H,8-10,20-21H2,1-7H3,(H,35,40)(H2,37,38,41). The van der Waals surface area contributed by atoms with Gasteiger partial charge in [0, 0.05) is 43.9 Å². The number of benzene rings is 2. The number of hydrogen-bond acceptors (Lipinski definition) is 5. The number of rotatable bonds is 12. The van der Waals surface area contributed by atoms with E-state index in [1.807, 2.05) is 44.2 Å². The zero-order valence-corrected chi connectivity index (χ0v) is 25.9. The lowest BCUT2D eigenvalue weighted by Crippen LogP contribution is -2.28. The Hall–Kier alpha value is -4.20. The van der Waals surface area contributed by atoms with E-state index in [1.54, 1.807) is 19.2 Å². The number of anilines is 1. The minimum Gasteiger partial charge on any atom is -0.457 e. The van der Waals surface area contributed by atoms with Gasteiger partial charge < -0.3 is 20.7 Å². The van der Waals surface area contributed by atoms with E-state index in [-0.39, 0.29) is 29.0 Å². The predicted molar refractivity (Wildman–Crippen MR) is 167 cm³/mol. The molecule has 0 aliphatic heterocycles. The molecular formula is C34H44N4O4. The zero-order chi connectivity index (χ0) is 30.9. The normalized spacial score (nSPS) is 11.9. The first-order valence-corrected chi connectivity index (χ1v) is 14.5. The molecule has 224 valence electrons. The molecule has 0 radical (unpaired) electrons. The Balaban J connectivity index is 1.54. The second-order valence-electron chi connectivity index (χ2n) is 12.1. The maximum absolute atomic E-state index is 12.8. The third kappa shape index (κ3) is 10.0. The summed E-state index contributed by atoms with van der Waals surface area (Å²) in [5.41, 5.74) is 5.32. The average Bonchev–Trinajstić information content (AvgIpc) is 2.94. The van der Waals surface area contributed by atoms with Gasteiger partial charge >= 0.3 is 6.03 Å². The summed E-state index contributed by atoms with van der Waals surface area (Å²) >= 11 is 0. The Morgan fingerprint density at radius 1 is 0.952 bits per heavy atom. The van der Waals surface area contributed by atoms with Crippen LogP contribution in [-0.2, 0) is 17.8 Å². The van der Waals surface area contributed by atoms with E-state index in [2.05, 4.69) is 54.7 Å². The van der Waals surface area contributed by atoms with Crippen LogP contribution in [0.5, 0.6) is 11.5 Å². The first-order valence-electron chi connectivity index (χ1n) is 14.5. The molecule has 0 spiro atoms. The second kappa shape index (κ2) is 14.6. The van der Waals surface area contributed by atoms with Gasteiger partial charge in [-0.05, 0) is 85.0 Å². The molecule has 8 heteroatoms. The SMILES string of the molecule is CNC(=O)c1cc(Oc2ccc(CNC(=O)Nc3cc(C)c(C)cc3CCCC(C)C(=O)CC(C)(C)C)cc2)ccn1. The lowest BCUT2D eigenvalue weighted by atomic mass is 9.84. The van der Waals surface area contributed by atoms with Gasteiger partial charge in [0.2, 0.25) is 0 Å². The maximum Gasteiger partial charge on any atom is 0.319 e. The van der Waals surface area contributed by atoms with Crippen LogP contribution in [0.1, 0.15) is 79.7 Å². The fourth-order valence-corrected chi connectivity index (χ4v) is 4.54. The highest BCUT2D eigenvalue weighted by atomic mass is 16.5. The molecule has 1 atom stereocenters. The molecule has 0 aliphatic rings. The monoisotopic (exact) mass is 572 g/mol. The number of carbonyl (C=O) groups is 3. The summed E-state index contributed by atoms with van der Waals surface area (Å²) < 4.78 is 5.85. The average molecular weight is 573 g/mol.